The molecule has 7 heteroatoms. The molecule has 4 aliphatic rings. The molecule has 1 heterocycles. The lowest BCUT2D eigenvalue weighted by Gasteiger charge is -2.27. The fraction of sp³-hybridized carbons (Fsp3) is 0.708. The van der Waals surface area contributed by atoms with Crippen LogP contribution >= 0.6 is 11.3 Å². The molecule has 2 bridgehead atoms. The summed E-state index contributed by atoms with van der Waals surface area (Å²) in [7, 11) is 0. The fourth-order valence-corrected chi connectivity index (χ4v) is 7.91. The molecule has 4 atom stereocenters. The minimum Gasteiger partial charge on any atom is -0.481 e. The molecular weight excluding hydrogens is 412 g/mol. The third-order valence-corrected chi connectivity index (χ3v) is 9.29. The summed E-state index contributed by atoms with van der Waals surface area (Å²) in [5.74, 6) is -1.93. The van der Waals surface area contributed by atoms with E-state index in [1.165, 1.54) is 22.6 Å². The lowest BCUT2D eigenvalue weighted by Crippen LogP contribution is -2.39. The van der Waals surface area contributed by atoms with E-state index < -0.39 is 17.8 Å². The van der Waals surface area contributed by atoms with Gasteiger partial charge in [-0.1, -0.05) is 19.3 Å². The van der Waals surface area contributed by atoms with Crippen molar-refractivity contribution < 1.29 is 19.5 Å². The highest BCUT2D eigenvalue weighted by molar-refractivity contribution is 7.17. The lowest BCUT2D eigenvalue weighted by molar-refractivity contribution is -0.148. The van der Waals surface area contributed by atoms with Gasteiger partial charge in [-0.05, 0) is 75.2 Å². The zero-order valence-corrected chi connectivity index (χ0v) is 18.8. The first-order valence-electron chi connectivity index (χ1n) is 12.0. The number of hydrogen-bond acceptors (Lipinski definition) is 4. The van der Waals surface area contributed by atoms with Crippen molar-refractivity contribution in [3.8, 4) is 0 Å². The Hall–Kier alpha value is -1.89. The number of rotatable bonds is 5. The minimum absolute atomic E-state index is 0.0654. The van der Waals surface area contributed by atoms with E-state index in [-0.39, 0.29) is 29.7 Å². The molecular formula is C24H32N2O4S. The van der Waals surface area contributed by atoms with Crippen LogP contribution in [-0.2, 0) is 22.4 Å². The Labute approximate surface area is 187 Å². The second-order valence-electron chi connectivity index (χ2n) is 9.94. The van der Waals surface area contributed by atoms with Gasteiger partial charge in [-0.25, -0.2) is 0 Å². The average Bonchev–Trinajstić information content (AvgIpc) is 3.46. The summed E-state index contributed by atoms with van der Waals surface area (Å²) >= 11 is 1.53. The number of carbonyl (C=O) groups excluding carboxylic acids is 2. The first-order valence-corrected chi connectivity index (χ1v) is 12.8. The number of anilines is 1. The van der Waals surface area contributed by atoms with E-state index in [4.69, 9.17) is 0 Å². The van der Waals surface area contributed by atoms with E-state index in [2.05, 4.69) is 10.6 Å². The van der Waals surface area contributed by atoms with Gasteiger partial charge in [-0.3, -0.25) is 14.4 Å². The average molecular weight is 445 g/mol. The molecule has 0 saturated heterocycles. The van der Waals surface area contributed by atoms with E-state index in [1.54, 1.807) is 0 Å². The summed E-state index contributed by atoms with van der Waals surface area (Å²) in [5.41, 5.74) is 1.75. The van der Waals surface area contributed by atoms with Gasteiger partial charge >= 0.3 is 5.97 Å². The molecule has 0 aliphatic heterocycles. The van der Waals surface area contributed by atoms with Crippen LogP contribution in [-0.4, -0.2) is 28.9 Å². The second-order valence-corrected chi connectivity index (χ2v) is 11.0. The highest BCUT2D eigenvalue weighted by Gasteiger charge is 2.54. The topological polar surface area (TPSA) is 95.5 Å². The molecule has 5 rings (SSSR count). The predicted octanol–water partition coefficient (Wildman–Crippen LogP) is 4.37. The molecule has 2 amide bonds. The molecule has 3 saturated carbocycles. The highest BCUT2D eigenvalue weighted by Crippen LogP contribution is 2.53. The van der Waals surface area contributed by atoms with Gasteiger partial charge in [0.25, 0.3) is 5.91 Å². The van der Waals surface area contributed by atoms with Crippen LogP contribution in [0.25, 0.3) is 0 Å². The quantitative estimate of drug-likeness (QED) is 0.628. The predicted molar refractivity (Wildman–Crippen MR) is 119 cm³/mol. The Morgan fingerprint density at radius 3 is 2.32 bits per heavy atom. The van der Waals surface area contributed by atoms with Crippen LogP contribution in [0, 0.1) is 23.7 Å². The molecule has 1 aromatic rings. The number of aliphatic carboxylic acids is 1. The normalized spacial score (nSPS) is 30.1. The van der Waals surface area contributed by atoms with Gasteiger partial charge in [-0.15, -0.1) is 11.3 Å². The number of thiophene rings is 1. The van der Waals surface area contributed by atoms with Crippen molar-refractivity contribution in [2.24, 2.45) is 23.7 Å². The Bertz CT molecular complexity index is 888. The van der Waals surface area contributed by atoms with Crippen molar-refractivity contribution in [3.05, 3.63) is 16.0 Å². The largest absolute Gasteiger partial charge is 0.481 e. The highest BCUT2D eigenvalue weighted by atomic mass is 32.1. The van der Waals surface area contributed by atoms with Crippen LogP contribution in [0.15, 0.2) is 0 Å². The zero-order valence-electron chi connectivity index (χ0n) is 18.0. The van der Waals surface area contributed by atoms with Crippen molar-refractivity contribution in [1.29, 1.82) is 0 Å². The van der Waals surface area contributed by atoms with E-state index in [0.717, 1.165) is 76.2 Å². The van der Waals surface area contributed by atoms with E-state index >= 15 is 0 Å². The fourth-order valence-electron chi connectivity index (χ4n) is 6.62. The zero-order chi connectivity index (χ0) is 21.5. The molecule has 4 aliphatic carbocycles. The molecule has 31 heavy (non-hydrogen) atoms. The number of hydrogen-bond donors (Lipinski definition) is 3. The molecule has 0 aromatic carbocycles. The third kappa shape index (κ3) is 3.90. The van der Waals surface area contributed by atoms with Crippen LogP contribution in [0.5, 0.6) is 0 Å². The molecule has 168 valence electrons. The van der Waals surface area contributed by atoms with E-state index in [9.17, 15) is 19.5 Å². The maximum absolute atomic E-state index is 13.3. The van der Waals surface area contributed by atoms with Crippen molar-refractivity contribution in [3.63, 3.8) is 0 Å². The summed E-state index contributed by atoms with van der Waals surface area (Å²) in [6, 6.07) is 0.214. The van der Waals surface area contributed by atoms with Gasteiger partial charge in [0.15, 0.2) is 0 Å². The second kappa shape index (κ2) is 8.57. The van der Waals surface area contributed by atoms with E-state index in [0.29, 0.717) is 10.6 Å². The van der Waals surface area contributed by atoms with Gasteiger partial charge in [0.2, 0.25) is 5.91 Å². The lowest BCUT2D eigenvalue weighted by atomic mass is 9.78. The van der Waals surface area contributed by atoms with Crippen LogP contribution < -0.4 is 10.6 Å². The SMILES string of the molecule is O=C(NC1CCCCC1)c1c(NC(=O)[C@@H]2[C@H]3CC[C@@H](C3)[C@H]2C(=O)O)sc2c1CCCC2. The number of nitrogens with one attached hydrogen (secondary N) is 2. The molecule has 0 spiro atoms. The first kappa shape index (κ1) is 21.0. The van der Waals surface area contributed by atoms with Gasteiger partial charge in [0.1, 0.15) is 5.00 Å². The van der Waals surface area contributed by atoms with Crippen LogP contribution in [0.2, 0.25) is 0 Å². The molecule has 3 N–H and O–H groups in total. The Balaban J connectivity index is 1.39. The molecule has 0 radical (unpaired) electrons. The van der Waals surface area contributed by atoms with Gasteiger partial charge in [0.05, 0.1) is 17.4 Å². The van der Waals surface area contributed by atoms with Gasteiger partial charge < -0.3 is 15.7 Å². The maximum atomic E-state index is 13.3. The van der Waals surface area contributed by atoms with Crippen LogP contribution in [0.4, 0.5) is 5.00 Å². The summed E-state index contributed by atoms with van der Waals surface area (Å²) in [4.78, 5) is 39.7. The van der Waals surface area contributed by atoms with Crippen molar-refractivity contribution in [2.45, 2.75) is 83.1 Å². The van der Waals surface area contributed by atoms with Crippen molar-refractivity contribution in [1.82, 2.24) is 5.32 Å². The van der Waals surface area contributed by atoms with Crippen molar-refractivity contribution >= 4 is 34.1 Å². The van der Waals surface area contributed by atoms with Gasteiger partial charge in [0, 0.05) is 10.9 Å². The van der Waals surface area contributed by atoms with E-state index in [1.807, 2.05) is 0 Å². The number of aryl methyl sites for hydroxylation is 1. The standard InChI is InChI=1S/C24H32N2O4S/c27-21(18-13-10-11-14(12-13)19(18)24(29)30)26-23-20(16-8-4-5-9-17(16)31-23)22(28)25-15-6-2-1-3-7-15/h13-15,18-19H,1-12H2,(H,25,28)(H,26,27)(H,29,30)/t13-,14-,18+,19+/m0/s1. The third-order valence-electron chi connectivity index (χ3n) is 8.08. The Morgan fingerprint density at radius 2 is 1.58 bits per heavy atom. The Kier molecular flexibility index (Phi) is 5.80. The molecule has 6 nitrogen and oxygen atoms in total. The summed E-state index contributed by atoms with van der Waals surface area (Å²) in [6.07, 6.45) is 12.3. The summed E-state index contributed by atoms with van der Waals surface area (Å²) < 4.78 is 0. The number of carbonyl (C=O) groups is 3. The first-order chi connectivity index (χ1) is 15.0. The maximum Gasteiger partial charge on any atom is 0.307 e. The Morgan fingerprint density at radius 1 is 0.871 bits per heavy atom. The van der Waals surface area contributed by atoms with Crippen LogP contribution in [0.3, 0.4) is 0 Å². The minimum atomic E-state index is -0.854. The number of amides is 2. The molecule has 3 fully saturated rings. The number of carboxylic acids is 1. The summed E-state index contributed by atoms with van der Waals surface area (Å²) in [6.45, 7) is 0. The van der Waals surface area contributed by atoms with Crippen LogP contribution in [0.1, 0.15) is 85.0 Å². The summed E-state index contributed by atoms with van der Waals surface area (Å²) in [5, 5.41) is 16.7. The number of fused-ring (bicyclic) bond motifs is 3. The monoisotopic (exact) mass is 444 g/mol. The smallest absolute Gasteiger partial charge is 0.307 e. The number of carboxylic acid groups (broad SMARTS) is 1. The molecule has 0 unspecified atom stereocenters. The van der Waals surface area contributed by atoms with Gasteiger partial charge in [-0.2, -0.15) is 0 Å². The molecule has 1 aromatic heterocycles. The van der Waals surface area contributed by atoms with Crippen molar-refractivity contribution in [2.75, 3.05) is 5.32 Å².